The van der Waals surface area contributed by atoms with Gasteiger partial charge in [-0.15, -0.1) is 0 Å². The van der Waals surface area contributed by atoms with Crippen molar-refractivity contribution < 1.29 is 4.42 Å². The molecule has 63 heavy (non-hydrogen) atoms. The highest BCUT2D eigenvalue weighted by molar-refractivity contribution is 6.06. The molecule has 1 aliphatic rings. The molecule has 2 heteroatoms. The van der Waals surface area contributed by atoms with E-state index in [1.54, 1.807) is 0 Å². The second-order valence-corrected chi connectivity index (χ2v) is 16.4. The lowest BCUT2D eigenvalue weighted by Crippen LogP contribution is -2.29. The van der Waals surface area contributed by atoms with Gasteiger partial charge in [0.15, 0.2) is 0 Å². The van der Waals surface area contributed by atoms with Crippen molar-refractivity contribution in [3.05, 3.63) is 271 Å². The van der Waals surface area contributed by atoms with Gasteiger partial charge < -0.3 is 9.32 Å². The van der Waals surface area contributed by atoms with Crippen molar-refractivity contribution in [1.82, 2.24) is 0 Å². The van der Waals surface area contributed by atoms with Gasteiger partial charge in [0.1, 0.15) is 11.2 Å². The normalized spacial score (nSPS) is 14.1. The van der Waals surface area contributed by atoms with Crippen LogP contribution in [0.25, 0.3) is 66.4 Å². The van der Waals surface area contributed by atoms with Gasteiger partial charge in [0, 0.05) is 27.8 Å². The molecule has 0 amide bonds. The number of fused-ring (bicyclic) bond motifs is 6. The summed E-state index contributed by atoms with van der Waals surface area (Å²) >= 11 is 0. The average molecular weight is 804 g/mol. The van der Waals surface area contributed by atoms with Crippen LogP contribution in [0.3, 0.4) is 0 Å². The Balaban J connectivity index is 1.04. The zero-order valence-corrected chi connectivity index (χ0v) is 34.5. The van der Waals surface area contributed by atoms with Crippen molar-refractivity contribution in [3.63, 3.8) is 0 Å². The summed E-state index contributed by atoms with van der Waals surface area (Å²) in [5.41, 5.74) is 19.1. The van der Waals surface area contributed by atoms with Crippen LogP contribution in [-0.4, -0.2) is 0 Å². The Hall–Kier alpha value is -8.20. The first-order valence-corrected chi connectivity index (χ1v) is 21.7. The standard InChI is InChI=1S/C61H41NO/c1-4-15-42(16-5-1)44-27-32-50(33-28-44)62(51-34-29-45(30-35-51)47-31-38-60-56(40-47)55-24-11-13-26-59(55)63-60)52-36-37-54-53-23-10-12-25-57(53)61(58(54)41-52,48-20-8-3-9-21-48)49-22-14-19-46(39-49)43-17-6-2-7-18-43/h1-41H. The molecule has 1 heterocycles. The van der Waals surface area contributed by atoms with E-state index < -0.39 is 5.41 Å². The summed E-state index contributed by atoms with van der Waals surface area (Å²) in [5, 5.41) is 2.26. The highest BCUT2D eigenvalue weighted by Gasteiger charge is 2.46. The van der Waals surface area contributed by atoms with Crippen LogP contribution in [0.5, 0.6) is 0 Å². The fraction of sp³-hybridized carbons (Fsp3) is 0.0164. The van der Waals surface area contributed by atoms with E-state index >= 15 is 0 Å². The summed E-state index contributed by atoms with van der Waals surface area (Å²) in [6.07, 6.45) is 0. The van der Waals surface area contributed by atoms with Crippen LogP contribution in [-0.2, 0) is 5.41 Å². The number of benzene rings is 10. The first kappa shape index (κ1) is 36.6. The Kier molecular flexibility index (Phi) is 8.76. The van der Waals surface area contributed by atoms with E-state index in [-0.39, 0.29) is 0 Å². The van der Waals surface area contributed by atoms with Gasteiger partial charge in [-0.05, 0) is 127 Å². The Labute approximate surface area is 367 Å². The van der Waals surface area contributed by atoms with Crippen molar-refractivity contribution in [2.24, 2.45) is 0 Å². The minimum absolute atomic E-state index is 0.573. The van der Waals surface area contributed by atoms with Crippen LogP contribution < -0.4 is 4.90 Å². The van der Waals surface area contributed by atoms with Gasteiger partial charge in [-0.1, -0.05) is 188 Å². The maximum Gasteiger partial charge on any atom is 0.135 e. The van der Waals surface area contributed by atoms with Crippen molar-refractivity contribution in [2.45, 2.75) is 5.41 Å². The predicted molar refractivity (Wildman–Crippen MR) is 262 cm³/mol. The van der Waals surface area contributed by atoms with Gasteiger partial charge in [-0.3, -0.25) is 0 Å². The van der Waals surface area contributed by atoms with E-state index in [1.807, 2.05) is 12.1 Å². The third-order valence-electron chi connectivity index (χ3n) is 13.0. The van der Waals surface area contributed by atoms with Crippen molar-refractivity contribution >= 4 is 39.0 Å². The van der Waals surface area contributed by atoms with Crippen LogP contribution >= 0.6 is 0 Å². The van der Waals surface area contributed by atoms with Crippen molar-refractivity contribution in [1.29, 1.82) is 0 Å². The van der Waals surface area contributed by atoms with Crippen LogP contribution in [0.4, 0.5) is 17.1 Å². The molecule has 0 bridgehead atoms. The highest BCUT2D eigenvalue weighted by Crippen LogP contribution is 2.57. The number of furan rings is 1. The van der Waals surface area contributed by atoms with Gasteiger partial charge in [0.25, 0.3) is 0 Å². The van der Waals surface area contributed by atoms with E-state index in [9.17, 15) is 0 Å². The van der Waals surface area contributed by atoms with Gasteiger partial charge in [0.2, 0.25) is 0 Å². The number of nitrogens with zero attached hydrogens (tertiary/aromatic N) is 1. The number of rotatable bonds is 8. The molecular formula is C61H41NO. The SMILES string of the molecule is c1ccc(-c2ccc(N(c3ccc(-c4ccc5oc6ccccc6c5c4)cc3)c3ccc4c(c3)C(c3ccccc3)(c3cccc(-c5ccccc5)c3)c3ccccc3-4)cc2)cc1. The lowest BCUT2D eigenvalue weighted by atomic mass is 9.67. The molecule has 12 rings (SSSR count). The lowest BCUT2D eigenvalue weighted by Gasteiger charge is -2.35. The molecule has 1 aliphatic carbocycles. The molecule has 1 unspecified atom stereocenters. The van der Waals surface area contributed by atoms with E-state index in [0.29, 0.717) is 0 Å². The third-order valence-corrected chi connectivity index (χ3v) is 13.0. The van der Waals surface area contributed by atoms with Crippen LogP contribution in [0.15, 0.2) is 253 Å². The minimum atomic E-state index is -0.573. The minimum Gasteiger partial charge on any atom is -0.456 e. The molecular weight excluding hydrogens is 763 g/mol. The summed E-state index contributed by atoms with van der Waals surface area (Å²) in [4.78, 5) is 2.41. The van der Waals surface area contributed by atoms with Crippen LogP contribution in [0.2, 0.25) is 0 Å². The summed E-state index contributed by atoms with van der Waals surface area (Å²) < 4.78 is 6.17. The average Bonchev–Trinajstić information content (AvgIpc) is 3.89. The highest BCUT2D eigenvalue weighted by atomic mass is 16.3. The molecule has 0 radical (unpaired) electrons. The van der Waals surface area contributed by atoms with Gasteiger partial charge in [-0.2, -0.15) is 0 Å². The van der Waals surface area contributed by atoms with Gasteiger partial charge in [0.05, 0.1) is 5.41 Å². The molecule has 0 aliphatic heterocycles. The summed E-state index contributed by atoms with van der Waals surface area (Å²) in [7, 11) is 0. The second-order valence-electron chi connectivity index (χ2n) is 16.4. The maximum absolute atomic E-state index is 6.17. The molecule has 0 N–H and O–H groups in total. The van der Waals surface area contributed by atoms with Crippen LogP contribution in [0.1, 0.15) is 22.3 Å². The second kappa shape index (κ2) is 15.1. The fourth-order valence-corrected chi connectivity index (χ4v) is 10.0. The van der Waals surface area contributed by atoms with Gasteiger partial charge >= 0.3 is 0 Å². The zero-order chi connectivity index (χ0) is 41.7. The van der Waals surface area contributed by atoms with E-state index in [1.165, 1.54) is 55.6 Å². The fourth-order valence-electron chi connectivity index (χ4n) is 10.0. The Morgan fingerprint density at radius 1 is 0.286 bits per heavy atom. The van der Waals surface area contributed by atoms with Crippen LogP contribution in [0, 0.1) is 0 Å². The Morgan fingerprint density at radius 2 is 0.778 bits per heavy atom. The number of hydrogen-bond acceptors (Lipinski definition) is 2. The van der Waals surface area contributed by atoms with E-state index in [0.717, 1.165) is 50.1 Å². The zero-order valence-electron chi connectivity index (χ0n) is 34.5. The summed E-state index contributed by atoms with van der Waals surface area (Å²) in [5.74, 6) is 0. The Bertz CT molecular complexity index is 3430. The summed E-state index contributed by atoms with van der Waals surface area (Å²) in [6, 6.07) is 90.5. The van der Waals surface area contributed by atoms with Gasteiger partial charge in [-0.25, -0.2) is 0 Å². The smallest absolute Gasteiger partial charge is 0.135 e. The third kappa shape index (κ3) is 6.10. The number of anilines is 3. The number of para-hydroxylation sites is 1. The Morgan fingerprint density at radius 3 is 1.51 bits per heavy atom. The molecule has 0 fully saturated rings. The quantitative estimate of drug-likeness (QED) is 0.152. The lowest BCUT2D eigenvalue weighted by molar-refractivity contribution is 0.669. The first-order chi connectivity index (χ1) is 31.2. The summed E-state index contributed by atoms with van der Waals surface area (Å²) in [6.45, 7) is 0. The molecule has 296 valence electrons. The topological polar surface area (TPSA) is 16.4 Å². The van der Waals surface area contributed by atoms with E-state index in [2.05, 4.69) is 241 Å². The molecule has 1 aromatic heterocycles. The molecule has 1 atom stereocenters. The predicted octanol–water partition coefficient (Wildman–Crippen LogP) is 16.4. The molecule has 0 spiro atoms. The molecule has 10 aromatic carbocycles. The first-order valence-electron chi connectivity index (χ1n) is 21.7. The monoisotopic (exact) mass is 803 g/mol. The van der Waals surface area contributed by atoms with Crippen molar-refractivity contribution in [3.8, 4) is 44.5 Å². The molecule has 2 nitrogen and oxygen atoms in total. The maximum atomic E-state index is 6.17. The largest absolute Gasteiger partial charge is 0.456 e. The van der Waals surface area contributed by atoms with E-state index in [4.69, 9.17) is 4.42 Å². The molecule has 0 saturated heterocycles. The molecule has 11 aromatic rings. The number of hydrogen-bond donors (Lipinski definition) is 0. The van der Waals surface area contributed by atoms with Crippen molar-refractivity contribution in [2.75, 3.05) is 4.90 Å². The molecule has 0 saturated carbocycles.